The average molecular weight is 156 g/mol. The molecule has 0 N–H and O–H groups in total. The molecule has 0 aromatic rings. The van der Waals surface area contributed by atoms with E-state index in [0.29, 0.717) is 6.10 Å². The Hall–Kier alpha value is -0.210. The van der Waals surface area contributed by atoms with Gasteiger partial charge in [-0.05, 0) is 17.2 Å². The van der Waals surface area contributed by atoms with Gasteiger partial charge >= 0.3 is 0 Å². The maximum absolute atomic E-state index is 5.34. The third-order valence-corrected chi connectivity index (χ3v) is 3.81. The van der Waals surface area contributed by atoms with E-state index >= 15 is 0 Å². The summed E-state index contributed by atoms with van der Waals surface area (Å²) in [4.78, 5) is 0. The van der Waals surface area contributed by atoms with Crippen molar-refractivity contribution < 1.29 is 4.74 Å². The van der Waals surface area contributed by atoms with E-state index in [0.717, 1.165) is 6.61 Å². The molecule has 0 aromatic heterocycles. The van der Waals surface area contributed by atoms with Gasteiger partial charge in [0, 0.05) is 12.4 Å². The fourth-order valence-electron chi connectivity index (χ4n) is 1.16. The standard InChI is InChI=1S/C8H12OS/c1-2-6-10(5-1)7-8-3-4-9-8/h1-2,5-6,8,10H,3-4,7H2. The number of rotatable bonds is 2. The lowest BCUT2D eigenvalue weighted by molar-refractivity contribution is -0.0344. The Bertz CT molecular complexity index is 158. The van der Waals surface area contributed by atoms with E-state index in [1.165, 1.54) is 12.2 Å². The topological polar surface area (TPSA) is 9.23 Å². The lowest BCUT2D eigenvalue weighted by Gasteiger charge is -2.28. The van der Waals surface area contributed by atoms with Crippen LogP contribution in [0.4, 0.5) is 0 Å². The maximum Gasteiger partial charge on any atom is 0.0676 e. The van der Waals surface area contributed by atoms with E-state index in [1.807, 2.05) is 0 Å². The van der Waals surface area contributed by atoms with Crippen LogP contribution >= 0.6 is 10.9 Å². The largest absolute Gasteiger partial charge is 0.377 e. The Morgan fingerprint density at radius 3 is 2.60 bits per heavy atom. The van der Waals surface area contributed by atoms with Crippen LogP contribution in [0.3, 0.4) is 0 Å². The van der Waals surface area contributed by atoms with Gasteiger partial charge in [-0.15, -0.1) is 0 Å². The van der Waals surface area contributed by atoms with Gasteiger partial charge in [-0.1, -0.05) is 12.2 Å². The predicted octanol–water partition coefficient (Wildman–Crippen LogP) is 1.82. The summed E-state index contributed by atoms with van der Waals surface area (Å²) in [5.74, 6) is 1.25. The minimum absolute atomic E-state index is 0.0748. The van der Waals surface area contributed by atoms with Gasteiger partial charge in [0.25, 0.3) is 0 Å². The molecule has 1 nitrogen and oxygen atoms in total. The zero-order chi connectivity index (χ0) is 6.81. The van der Waals surface area contributed by atoms with Gasteiger partial charge in [0.05, 0.1) is 6.10 Å². The van der Waals surface area contributed by atoms with Crippen LogP contribution in [0.25, 0.3) is 0 Å². The minimum atomic E-state index is 0.0748. The Morgan fingerprint density at radius 2 is 2.10 bits per heavy atom. The lowest BCUT2D eigenvalue weighted by Crippen LogP contribution is -2.29. The average Bonchev–Trinajstić information content (AvgIpc) is 2.29. The molecule has 2 heteroatoms. The molecule has 0 bridgehead atoms. The maximum atomic E-state index is 5.34. The molecule has 10 heavy (non-hydrogen) atoms. The van der Waals surface area contributed by atoms with Gasteiger partial charge in [-0.25, -0.2) is 10.9 Å². The molecule has 0 aromatic carbocycles. The Morgan fingerprint density at radius 1 is 1.40 bits per heavy atom. The summed E-state index contributed by atoms with van der Waals surface area (Å²) in [5, 5.41) is 4.61. The van der Waals surface area contributed by atoms with Crippen molar-refractivity contribution in [3.05, 3.63) is 23.0 Å². The number of ether oxygens (including phenoxy) is 1. The summed E-state index contributed by atoms with van der Waals surface area (Å²) in [7, 11) is 0.0748. The van der Waals surface area contributed by atoms with Crippen LogP contribution in [0.2, 0.25) is 0 Å². The molecule has 2 aliphatic rings. The van der Waals surface area contributed by atoms with E-state index in [2.05, 4.69) is 23.0 Å². The zero-order valence-electron chi connectivity index (χ0n) is 5.86. The van der Waals surface area contributed by atoms with E-state index in [-0.39, 0.29) is 10.9 Å². The monoisotopic (exact) mass is 156 g/mol. The molecule has 2 rings (SSSR count). The molecule has 0 aliphatic carbocycles. The molecule has 2 heterocycles. The van der Waals surface area contributed by atoms with Gasteiger partial charge < -0.3 is 4.74 Å². The smallest absolute Gasteiger partial charge is 0.0676 e. The lowest BCUT2D eigenvalue weighted by atomic mass is 10.2. The van der Waals surface area contributed by atoms with Gasteiger partial charge in [0.2, 0.25) is 0 Å². The van der Waals surface area contributed by atoms with Crippen molar-refractivity contribution in [3.63, 3.8) is 0 Å². The number of thiol groups is 1. The molecule has 1 atom stereocenters. The predicted molar refractivity (Wildman–Crippen MR) is 46.5 cm³/mol. The SMILES string of the molecule is C1=C[SH](CC2CCO2)C=C1. The quantitative estimate of drug-likeness (QED) is 0.600. The first-order valence-electron chi connectivity index (χ1n) is 3.67. The molecule has 0 spiro atoms. The molecule has 0 radical (unpaired) electrons. The first-order valence-corrected chi connectivity index (χ1v) is 5.34. The van der Waals surface area contributed by atoms with Crippen molar-refractivity contribution >= 4 is 10.9 Å². The minimum Gasteiger partial charge on any atom is -0.377 e. The van der Waals surface area contributed by atoms with Crippen molar-refractivity contribution in [2.24, 2.45) is 0 Å². The van der Waals surface area contributed by atoms with Crippen LogP contribution in [0.1, 0.15) is 6.42 Å². The molecule has 1 fully saturated rings. The zero-order valence-corrected chi connectivity index (χ0v) is 6.76. The molecule has 2 aliphatic heterocycles. The molecule has 0 amide bonds. The van der Waals surface area contributed by atoms with Gasteiger partial charge in [0.15, 0.2) is 0 Å². The van der Waals surface area contributed by atoms with Crippen LogP contribution in [-0.2, 0) is 4.74 Å². The molecule has 56 valence electrons. The highest BCUT2D eigenvalue weighted by Crippen LogP contribution is 2.35. The summed E-state index contributed by atoms with van der Waals surface area (Å²) >= 11 is 0. The summed E-state index contributed by atoms with van der Waals surface area (Å²) < 4.78 is 5.34. The van der Waals surface area contributed by atoms with E-state index in [4.69, 9.17) is 4.74 Å². The van der Waals surface area contributed by atoms with Crippen LogP contribution in [0, 0.1) is 0 Å². The second-order valence-corrected chi connectivity index (χ2v) is 4.65. The number of allylic oxidation sites excluding steroid dienone is 2. The van der Waals surface area contributed by atoms with E-state index < -0.39 is 0 Å². The summed E-state index contributed by atoms with van der Waals surface area (Å²) in [6.45, 7) is 0.987. The summed E-state index contributed by atoms with van der Waals surface area (Å²) in [6.07, 6.45) is 6.15. The Kier molecular flexibility index (Phi) is 1.82. The van der Waals surface area contributed by atoms with Gasteiger partial charge in [-0.3, -0.25) is 0 Å². The van der Waals surface area contributed by atoms with Crippen molar-refractivity contribution in [2.45, 2.75) is 12.5 Å². The third kappa shape index (κ3) is 1.27. The van der Waals surface area contributed by atoms with Crippen molar-refractivity contribution in [3.8, 4) is 0 Å². The highest BCUT2D eigenvalue weighted by atomic mass is 32.2. The van der Waals surface area contributed by atoms with Crippen molar-refractivity contribution in [1.82, 2.24) is 0 Å². The molecular formula is C8H12OS. The van der Waals surface area contributed by atoms with E-state index in [9.17, 15) is 0 Å². The number of hydrogen-bond acceptors (Lipinski definition) is 1. The summed E-state index contributed by atoms with van der Waals surface area (Å²) in [5.41, 5.74) is 0. The fraction of sp³-hybridized carbons (Fsp3) is 0.500. The van der Waals surface area contributed by atoms with Gasteiger partial charge in [0.1, 0.15) is 0 Å². The van der Waals surface area contributed by atoms with Crippen molar-refractivity contribution in [1.29, 1.82) is 0 Å². The van der Waals surface area contributed by atoms with E-state index in [1.54, 1.807) is 0 Å². The number of hydrogen-bond donors (Lipinski definition) is 1. The van der Waals surface area contributed by atoms with Gasteiger partial charge in [-0.2, -0.15) is 0 Å². The van der Waals surface area contributed by atoms with Crippen LogP contribution < -0.4 is 0 Å². The highest BCUT2D eigenvalue weighted by molar-refractivity contribution is 8.22. The molecule has 1 unspecified atom stereocenters. The molecular weight excluding hydrogens is 144 g/mol. The second kappa shape index (κ2) is 2.81. The van der Waals surface area contributed by atoms with Crippen LogP contribution in [-0.4, -0.2) is 18.5 Å². The first-order chi connectivity index (χ1) is 4.95. The first kappa shape index (κ1) is 6.50. The summed E-state index contributed by atoms with van der Waals surface area (Å²) in [6, 6.07) is 0. The Balaban J connectivity index is 1.79. The van der Waals surface area contributed by atoms with Crippen LogP contribution in [0.5, 0.6) is 0 Å². The normalized spacial score (nSPS) is 32.8. The second-order valence-electron chi connectivity index (χ2n) is 2.66. The van der Waals surface area contributed by atoms with Crippen LogP contribution in [0.15, 0.2) is 23.0 Å². The highest BCUT2D eigenvalue weighted by Gasteiger charge is 2.19. The molecule has 0 saturated carbocycles. The molecule has 1 saturated heterocycles. The van der Waals surface area contributed by atoms with Crippen molar-refractivity contribution in [2.75, 3.05) is 12.4 Å². The fourth-order valence-corrected chi connectivity index (χ4v) is 2.90. The third-order valence-electron chi connectivity index (χ3n) is 1.87. The Labute approximate surface area is 64.1 Å².